The van der Waals surface area contributed by atoms with Crippen LogP contribution >= 0.6 is 12.4 Å². The number of piperazine rings is 1. The van der Waals surface area contributed by atoms with Crippen LogP contribution in [0.5, 0.6) is 0 Å². The molecule has 110 valence electrons. The highest BCUT2D eigenvalue weighted by Crippen LogP contribution is 2.24. The standard InChI is InChI=1S/C14H19N3O2.ClH/c1-14(2)13(19)16(3)8-9-17(14)12(18)10-4-6-11(15)7-5-10;/h4-7H,8-9,15H2,1-3H3;1H. The van der Waals surface area contributed by atoms with Gasteiger partial charge in [0, 0.05) is 31.4 Å². The third-order valence-corrected chi connectivity index (χ3v) is 3.61. The lowest BCUT2D eigenvalue weighted by atomic mass is 9.96. The number of likely N-dealkylation sites (N-methyl/N-ethyl adjacent to an activating group) is 1. The summed E-state index contributed by atoms with van der Waals surface area (Å²) < 4.78 is 0. The lowest BCUT2D eigenvalue weighted by Gasteiger charge is -2.44. The molecule has 0 atom stereocenters. The number of hydrogen-bond donors (Lipinski definition) is 1. The second-order valence-corrected chi connectivity index (χ2v) is 5.36. The molecule has 0 radical (unpaired) electrons. The first-order valence-corrected chi connectivity index (χ1v) is 6.27. The zero-order chi connectivity index (χ0) is 14.2. The number of anilines is 1. The minimum Gasteiger partial charge on any atom is -0.399 e. The lowest BCUT2D eigenvalue weighted by molar-refractivity contribution is -0.144. The van der Waals surface area contributed by atoms with Crippen LogP contribution in [0.1, 0.15) is 24.2 Å². The normalized spacial score (nSPS) is 17.6. The summed E-state index contributed by atoms with van der Waals surface area (Å²) in [4.78, 5) is 27.9. The summed E-state index contributed by atoms with van der Waals surface area (Å²) >= 11 is 0. The molecule has 20 heavy (non-hydrogen) atoms. The van der Waals surface area contributed by atoms with Gasteiger partial charge in [-0.3, -0.25) is 9.59 Å². The molecule has 1 aliphatic rings. The van der Waals surface area contributed by atoms with Crippen LogP contribution in [0.15, 0.2) is 24.3 Å². The number of nitrogens with two attached hydrogens (primary N) is 1. The predicted molar refractivity (Wildman–Crippen MR) is 80.9 cm³/mol. The number of rotatable bonds is 1. The lowest BCUT2D eigenvalue weighted by Crippen LogP contribution is -2.63. The zero-order valence-electron chi connectivity index (χ0n) is 11.9. The van der Waals surface area contributed by atoms with Crippen LogP contribution in [-0.2, 0) is 4.79 Å². The van der Waals surface area contributed by atoms with Gasteiger partial charge in [-0.15, -0.1) is 12.4 Å². The quantitative estimate of drug-likeness (QED) is 0.797. The van der Waals surface area contributed by atoms with Crippen molar-refractivity contribution in [1.82, 2.24) is 9.80 Å². The van der Waals surface area contributed by atoms with E-state index in [1.807, 2.05) is 0 Å². The first kappa shape index (κ1) is 16.3. The van der Waals surface area contributed by atoms with Gasteiger partial charge < -0.3 is 15.5 Å². The van der Waals surface area contributed by atoms with Crippen molar-refractivity contribution in [3.8, 4) is 0 Å². The Labute approximate surface area is 125 Å². The second kappa shape index (κ2) is 5.71. The van der Waals surface area contributed by atoms with Crippen molar-refractivity contribution >= 4 is 29.9 Å². The molecule has 1 heterocycles. The van der Waals surface area contributed by atoms with Crippen LogP contribution in [-0.4, -0.2) is 47.3 Å². The molecule has 6 heteroatoms. The zero-order valence-corrected chi connectivity index (χ0v) is 12.7. The maximum Gasteiger partial charge on any atom is 0.254 e. The number of nitrogen functional groups attached to an aromatic ring is 1. The highest BCUT2D eigenvalue weighted by molar-refractivity contribution is 5.99. The van der Waals surface area contributed by atoms with E-state index >= 15 is 0 Å². The van der Waals surface area contributed by atoms with Gasteiger partial charge in [0.1, 0.15) is 5.54 Å². The Morgan fingerprint density at radius 3 is 2.30 bits per heavy atom. The van der Waals surface area contributed by atoms with E-state index in [0.29, 0.717) is 24.3 Å². The van der Waals surface area contributed by atoms with Crippen LogP contribution < -0.4 is 5.73 Å². The van der Waals surface area contributed by atoms with Crippen LogP contribution in [0.3, 0.4) is 0 Å². The molecule has 2 N–H and O–H groups in total. The Morgan fingerprint density at radius 2 is 1.75 bits per heavy atom. The third-order valence-electron chi connectivity index (χ3n) is 3.61. The van der Waals surface area contributed by atoms with Crippen molar-refractivity contribution in [2.24, 2.45) is 0 Å². The fourth-order valence-corrected chi connectivity index (χ4v) is 2.35. The summed E-state index contributed by atoms with van der Waals surface area (Å²) in [5, 5.41) is 0. The number of amides is 2. The molecule has 1 aromatic rings. The molecule has 5 nitrogen and oxygen atoms in total. The maximum absolute atomic E-state index is 12.5. The van der Waals surface area contributed by atoms with Gasteiger partial charge in [-0.25, -0.2) is 0 Å². The van der Waals surface area contributed by atoms with Crippen LogP contribution in [0.2, 0.25) is 0 Å². The molecule has 1 aromatic carbocycles. The molecule has 0 aromatic heterocycles. The molecule has 1 aliphatic heterocycles. The summed E-state index contributed by atoms with van der Waals surface area (Å²) in [7, 11) is 1.76. The molecular weight excluding hydrogens is 278 g/mol. The van der Waals surface area contributed by atoms with E-state index in [2.05, 4.69) is 0 Å². The number of hydrogen-bond acceptors (Lipinski definition) is 3. The number of benzene rings is 1. The van der Waals surface area contributed by atoms with Crippen molar-refractivity contribution < 1.29 is 9.59 Å². The van der Waals surface area contributed by atoms with E-state index < -0.39 is 5.54 Å². The van der Waals surface area contributed by atoms with E-state index in [-0.39, 0.29) is 24.2 Å². The first-order chi connectivity index (χ1) is 8.84. The fourth-order valence-electron chi connectivity index (χ4n) is 2.35. The van der Waals surface area contributed by atoms with Crippen molar-refractivity contribution in [1.29, 1.82) is 0 Å². The summed E-state index contributed by atoms with van der Waals surface area (Å²) in [5.41, 5.74) is 5.97. The predicted octanol–water partition coefficient (Wildman–Crippen LogP) is 1.38. The van der Waals surface area contributed by atoms with Gasteiger partial charge in [0.2, 0.25) is 5.91 Å². The van der Waals surface area contributed by atoms with Crippen LogP contribution in [0, 0.1) is 0 Å². The monoisotopic (exact) mass is 297 g/mol. The Bertz CT molecular complexity index is 514. The van der Waals surface area contributed by atoms with E-state index in [4.69, 9.17) is 5.73 Å². The summed E-state index contributed by atoms with van der Waals surface area (Å²) in [5.74, 6) is -0.172. The SMILES string of the molecule is CN1CCN(C(=O)c2ccc(N)cc2)C(C)(C)C1=O.Cl. The maximum atomic E-state index is 12.5. The summed E-state index contributed by atoms with van der Waals surface area (Å²) in [6.45, 7) is 4.65. The van der Waals surface area contributed by atoms with Gasteiger partial charge in [-0.2, -0.15) is 0 Å². The molecule has 0 bridgehead atoms. The van der Waals surface area contributed by atoms with Crippen molar-refractivity contribution in [3.05, 3.63) is 29.8 Å². The van der Waals surface area contributed by atoms with Crippen molar-refractivity contribution in [2.75, 3.05) is 25.9 Å². The Hall–Kier alpha value is -1.75. The van der Waals surface area contributed by atoms with Crippen molar-refractivity contribution in [3.63, 3.8) is 0 Å². The smallest absolute Gasteiger partial charge is 0.254 e. The molecule has 2 amide bonds. The van der Waals surface area contributed by atoms with Gasteiger partial charge in [0.05, 0.1) is 0 Å². The van der Waals surface area contributed by atoms with E-state index in [1.54, 1.807) is 55.0 Å². The molecule has 1 saturated heterocycles. The molecule has 0 spiro atoms. The summed E-state index contributed by atoms with van der Waals surface area (Å²) in [6, 6.07) is 6.77. The Balaban J connectivity index is 0.00000200. The molecule has 0 aliphatic carbocycles. The molecule has 2 rings (SSSR count). The average molecular weight is 298 g/mol. The van der Waals surface area contributed by atoms with E-state index in [1.165, 1.54) is 0 Å². The number of halogens is 1. The van der Waals surface area contributed by atoms with E-state index in [0.717, 1.165) is 0 Å². The molecule has 0 unspecified atom stereocenters. The van der Waals surface area contributed by atoms with Crippen LogP contribution in [0.25, 0.3) is 0 Å². The van der Waals surface area contributed by atoms with Crippen molar-refractivity contribution in [2.45, 2.75) is 19.4 Å². The van der Waals surface area contributed by atoms with Gasteiger partial charge in [0.15, 0.2) is 0 Å². The molecular formula is C14H20ClN3O2. The summed E-state index contributed by atoms with van der Waals surface area (Å²) in [6.07, 6.45) is 0. The Kier molecular flexibility index (Phi) is 4.65. The minimum absolute atomic E-state index is 0. The molecule has 0 saturated carbocycles. The number of carbonyl (C=O) groups excluding carboxylic acids is 2. The average Bonchev–Trinajstić information content (AvgIpc) is 2.36. The Morgan fingerprint density at radius 1 is 1.20 bits per heavy atom. The van der Waals surface area contributed by atoms with Gasteiger partial charge in [-0.05, 0) is 38.1 Å². The minimum atomic E-state index is -0.814. The van der Waals surface area contributed by atoms with Gasteiger partial charge >= 0.3 is 0 Å². The highest BCUT2D eigenvalue weighted by Gasteiger charge is 2.43. The topological polar surface area (TPSA) is 66.6 Å². The van der Waals surface area contributed by atoms with E-state index in [9.17, 15) is 9.59 Å². The number of carbonyl (C=O) groups is 2. The number of nitrogens with zero attached hydrogens (tertiary/aromatic N) is 2. The second-order valence-electron chi connectivity index (χ2n) is 5.36. The van der Waals surface area contributed by atoms with Crippen LogP contribution in [0.4, 0.5) is 5.69 Å². The van der Waals surface area contributed by atoms with Gasteiger partial charge in [-0.1, -0.05) is 0 Å². The largest absolute Gasteiger partial charge is 0.399 e. The third kappa shape index (κ3) is 2.72. The highest BCUT2D eigenvalue weighted by atomic mass is 35.5. The van der Waals surface area contributed by atoms with Gasteiger partial charge in [0.25, 0.3) is 5.91 Å². The first-order valence-electron chi connectivity index (χ1n) is 6.27. The molecule has 1 fully saturated rings. The fraction of sp³-hybridized carbons (Fsp3) is 0.429.